The maximum absolute atomic E-state index is 12.1. The van der Waals surface area contributed by atoms with Crippen LogP contribution in [0, 0.1) is 12.3 Å². The second kappa shape index (κ2) is 6.74. The molecule has 1 atom stereocenters. The summed E-state index contributed by atoms with van der Waals surface area (Å²) in [4.78, 5) is 2.37. The molecule has 24 heavy (non-hydrogen) atoms. The summed E-state index contributed by atoms with van der Waals surface area (Å²) in [5.41, 5.74) is 1.05. The summed E-state index contributed by atoms with van der Waals surface area (Å²) in [5, 5.41) is 4.06. The van der Waals surface area contributed by atoms with E-state index in [2.05, 4.69) is 10.1 Å². The van der Waals surface area contributed by atoms with Crippen molar-refractivity contribution >= 4 is 10.0 Å². The predicted molar refractivity (Wildman–Crippen MR) is 90.0 cm³/mol. The summed E-state index contributed by atoms with van der Waals surface area (Å²) in [5.74, 6) is 0.834. The SMILES string of the molecule is COC[C@H]1CC2(CCN(Cc3cc(C)on3)CC2)CN1S(C)(=O)=O. The molecule has 0 radical (unpaired) electrons. The molecule has 1 spiro atoms. The van der Waals surface area contributed by atoms with Crippen molar-refractivity contribution in [1.29, 1.82) is 0 Å². The fraction of sp³-hybridized carbons (Fsp3) is 0.812. The second-order valence-corrected chi connectivity index (χ2v) is 9.26. The third kappa shape index (κ3) is 3.82. The van der Waals surface area contributed by atoms with E-state index in [1.807, 2.05) is 13.0 Å². The molecule has 0 saturated carbocycles. The molecule has 0 aliphatic carbocycles. The molecule has 3 rings (SSSR count). The lowest BCUT2D eigenvalue weighted by molar-refractivity contribution is 0.104. The Kier molecular flexibility index (Phi) is 5.01. The Morgan fingerprint density at radius 3 is 2.67 bits per heavy atom. The van der Waals surface area contributed by atoms with Crippen LogP contribution in [0.1, 0.15) is 30.7 Å². The molecule has 8 heteroatoms. The first-order valence-electron chi connectivity index (χ1n) is 8.42. The highest BCUT2D eigenvalue weighted by molar-refractivity contribution is 7.88. The van der Waals surface area contributed by atoms with Gasteiger partial charge in [-0.2, -0.15) is 4.31 Å². The Morgan fingerprint density at radius 1 is 1.42 bits per heavy atom. The van der Waals surface area contributed by atoms with E-state index in [0.29, 0.717) is 13.2 Å². The Bertz CT molecular complexity index is 665. The summed E-state index contributed by atoms with van der Waals surface area (Å²) in [6.45, 7) is 5.71. The first-order valence-corrected chi connectivity index (χ1v) is 10.3. The molecule has 0 amide bonds. The second-order valence-electron chi connectivity index (χ2n) is 7.33. The van der Waals surface area contributed by atoms with E-state index in [1.54, 1.807) is 11.4 Å². The van der Waals surface area contributed by atoms with Gasteiger partial charge in [0.05, 0.1) is 18.6 Å². The number of methoxy groups -OCH3 is 1. The lowest BCUT2D eigenvalue weighted by atomic mass is 9.76. The van der Waals surface area contributed by atoms with Crippen LogP contribution in [0.25, 0.3) is 0 Å². The standard InChI is InChI=1S/C16H27N3O4S/c1-13-8-14(17-23-13)10-18-6-4-16(5-7-18)9-15(11-22-2)19(12-16)24(3,20)21/h8,15H,4-7,9-12H2,1-3H3/t15-/m1/s1. The number of likely N-dealkylation sites (tertiary alicyclic amines) is 1. The Balaban J connectivity index is 1.62. The smallest absolute Gasteiger partial charge is 0.211 e. The van der Waals surface area contributed by atoms with Gasteiger partial charge in [0.2, 0.25) is 10.0 Å². The minimum atomic E-state index is -3.19. The van der Waals surface area contributed by atoms with Gasteiger partial charge in [-0.3, -0.25) is 4.90 Å². The van der Waals surface area contributed by atoms with Gasteiger partial charge < -0.3 is 9.26 Å². The number of rotatable bonds is 5. The average Bonchev–Trinajstić information content (AvgIpc) is 3.06. The molecule has 1 aromatic heterocycles. The number of aromatic nitrogens is 1. The Labute approximate surface area is 144 Å². The zero-order valence-electron chi connectivity index (χ0n) is 14.7. The molecule has 2 aliphatic heterocycles. The summed E-state index contributed by atoms with van der Waals surface area (Å²) in [7, 11) is -1.56. The first-order chi connectivity index (χ1) is 11.3. The monoisotopic (exact) mass is 357 g/mol. The van der Waals surface area contributed by atoms with Crippen LogP contribution in [-0.2, 0) is 21.3 Å². The number of sulfonamides is 1. The van der Waals surface area contributed by atoms with E-state index in [-0.39, 0.29) is 11.5 Å². The quantitative estimate of drug-likeness (QED) is 0.789. The zero-order valence-corrected chi connectivity index (χ0v) is 15.5. The van der Waals surface area contributed by atoms with Gasteiger partial charge in [-0.1, -0.05) is 5.16 Å². The molecule has 2 saturated heterocycles. The lowest BCUT2D eigenvalue weighted by Gasteiger charge is -2.39. The van der Waals surface area contributed by atoms with E-state index in [0.717, 1.165) is 50.4 Å². The number of hydrogen-bond donors (Lipinski definition) is 0. The highest BCUT2D eigenvalue weighted by Gasteiger charge is 2.48. The average molecular weight is 357 g/mol. The molecule has 3 heterocycles. The first kappa shape index (κ1) is 17.8. The van der Waals surface area contributed by atoms with Crippen molar-refractivity contribution in [3.63, 3.8) is 0 Å². The lowest BCUT2D eigenvalue weighted by Crippen LogP contribution is -2.42. The van der Waals surface area contributed by atoms with Crippen molar-refractivity contribution in [2.75, 3.05) is 39.6 Å². The van der Waals surface area contributed by atoms with Crippen LogP contribution in [-0.4, -0.2) is 68.4 Å². The molecule has 0 aromatic carbocycles. The molecule has 2 aliphatic rings. The van der Waals surface area contributed by atoms with Crippen molar-refractivity contribution in [3.8, 4) is 0 Å². The zero-order chi connectivity index (χ0) is 17.4. The molecule has 0 unspecified atom stereocenters. The van der Waals surface area contributed by atoms with Gasteiger partial charge >= 0.3 is 0 Å². The van der Waals surface area contributed by atoms with Gasteiger partial charge in [0.1, 0.15) is 5.76 Å². The fourth-order valence-corrected chi connectivity index (χ4v) is 5.30. The minimum absolute atomic E-state index is 0.0326. The maximum atomic E-state index is 12.1. The fourth-order valence-electron chi connectivity index (χ4n) is 4.12. The van der Waals surface area contributed by atoms with E-state index in [1.165, 1.54) is 6.26 Å². The van der Waals surface area contributed by atoms with Crippen LogP contribution in [0.4, 0.5) is 0 Å². The number of hydrogen-bond acceptors (Lipinski definition) is 6. The maximum Gasteiger partial charge on any atom is 0.211 e. The van der Waals surface area contributed by atoms with Crippen LogP contribution in [0.5, 0.6) is 0 Å². The molecule has 7 nitrogen and oxygen atoms in total. The molecule has 1 aromatic rings. The highest BCUT2D eigenvalue weighted by atomic mass is 32.2. The van der Waals surface area contributed by atoms with Gasteiger partial charge in [0.25, 0.3) is 0 Å². The van der Waals surface area contributed by atoms with E-state index in [9.17, 15) is 8.42 Å². The number of ether oxygens (including phenoxy) is 1. The van der Waals surface area contributed by atoms with Crippen molar-refractivity contribution < 1.29 is 17.7 Å². The van der Waals surface area contributed by atoms with Crippen molar-refractivity contribution in [2.45, 2.75) is 38.8 Å². The van der Waals surface area contributed by atoms with Gasteiger partial charge in [-0.15, -0.1) is 0 Å². The van der Waals surface area contributed by atoms with Gasteiger partial charge in [-0.05, 0) is 44.7 Å². The summed E-state index contributed by atoms with van der Waals surface area (Å²) < 4.78 is 36.2. The normalized spacial score (nSPS) is 25.5. The van der Waals surface area contributed by atoms with Crippen molar-refractivity contribution in [1.82, 2.24) is 14.4 Å². The molecule has 2 fully saturated rings. The highest BCUT2D eigenvalue weighted by Crippen LogP contribution is 2.44. The Hall–Kier alpha value is -0.960. The Morgan fingerprint density at radius 2 is 2.12 bits per heavy atom. The topological polar surface area (TPSA) is 75.9 Å². The molecule has 0 bridgehead atoms. The van der Waals surface area contributed by atoms with Gasteiger partial charge in [0.15, 0.2) is 0 Å². The summed E-state index contributed by atoms with van der Waals surface area (Å²) in [6, 6.07) is 1.94. The third-order valence-corrected chi connectivity index (χ3v) is 6.61. The molecular weight excluding hydrogens is 330 g/mol. The van der Waals surface area contributed by atoms with E-state index >= 15 is 0 Å². The number of nitrogens with zero attached hydrogens (tertiary/aromatic N) is 3. The van der Waals surface area contributed by atoms with Crippen LogP contribution >= 0.6 is 0 Å². The number of aryl methyl sites for hydroxylation is 1. The van der Waals surface area contributed by atoms with E-state index < -0.39 is 10.0 Å². The summed E-state index contributed by atoms with van der Waals surface area (Å²) in [6.07, 6.45) is 4.22. The van der Waals surface area contributed by atoms with Crippen molar-refractivity contribution in [3.05, 3.63) is 17.5 Å². The summed E-state index contributed by atoms with van der Waals surface area (Å²) >= 11 is 0. The third-order valence-electron chi connectivity index (χ3n) is 5.33. The van der Waals surface area contributed by atoms with Crippen molar-refractivity contribution in [2.24, 2.45) is 5.41 Å². The van der Waals surface area contributed by atoms with Gasteiger partial charge in [-0.25, -0.2) is 8.42 Å². The van der Waals surface area contributed by atoms with Crippen LogP contribution in [0.15, 0.2) is 10.6 Å². The van der Waals surface area contributed by atoms with E-state index in [4.69, 9.17) is 9.26 Å². The van der Waals surface area contributed by atoms with Gasteiger partial charge in [0, 0.05) is 32.3 Å². The van der Waals surface area contributed by atoms with Crippen LogP contribution in [0.2, 0.25) is 0 Å². The minimum Gasteiger partial charge on any atom is -0.383 e. The number of piperidine rings is 1. The van der Waals surface area contributed by atoms with Crippen LogP contribution in [0.3, 0.4) is 0 Å². The molecule has 136 valence electrons. The van der Waals surface area contributed by atoms with Crippen LogP contribution < -0.4 is 0 Å². The molecule has 0 N–H and O–H groups in total. The molecular formula is C16H27N3O4S. The largest absolute Gasteiger partial charge is 0.383 e. The predicted octanol–water partition coefficient (Wildman–Crippen LogP) is 1.25.